The first-order valence-electron chi connectivity index (χ1n) is 11.0. The lowest BCUT2D eigenvalue weighted by molar-refractivity contribution is 0.866. The molecule has 156 valence electrons. The van der Waals surface area contributed by atoms with Gasteiger partial charge in [0.2, 0.25) is 0 Å². The van der Waals surface area contributed by atoms with Crippen molar-refractivity contribution in [3.63, 3.8) is 0 Å². The lowest BCUT2D eigenvalue weighted by atomic mass is 9.90. The molecule has 31 heavy (non-hydrogen) atoms. The molecule has 0 atom stereocenters. The van der Waals surface area contributed by atoms with E-state index in [2.05, 4.69) is 116 Å². The molecule has 4 rings (SSSR count). The molecule has 0 saturated carbocycles. The minimum absolute atomic E-state index is 1.01. The largest absolute Gasteiger partial charge is 0.388 e. The van der Waals surface area contributed by atoms with Gasteiger partial charge in [-0.1, -0.05) is 73.3 Å². The van der Waals surface area contributed by atoms with Crippen LogP contribution in [0, 0.1) is 0 Å². The van der Waals surface area contributed by atoms with E-state index in [4.69, 9.17) is 0 Å². The van der Waals surface area contributed by atoms with E-state index in [-0.39, 0.29) is 0 Å². The maximum absolute atomic E-state index is 4.07. The van der Waals surface area contributed by atoms with Crippen LogP contribution in [-0.4, -0.2) is 20.1 Å². The van der Waals surface area contributed by atoms with Crippen molar-refractivity contribution in [2.45, 2.75) is 13.8 Å². The molecular weight excluding hydrogens is 376 g/mol. The van der Waals surface area contributed by atoms with Crippen molar-refractivity contribution in [1.82, 2.24) is 0 Å². The Labute approximate surface area is 185 Å². The van der Waals surface area contributed by atoms with Crippen LogP contribution >= 0.6 is 0 Å². The number of hydrogen-bond donors (Lipinski definition) is 1. The summed E-state index contributed by atoms with van der Waals surface area (Å²) in [6, 6.07) is 30.5. The van der Waals surface area contributed by atoms with Gasteiger partial charge in [-0.2, -0.15) is 0 Å². The number of nitrogens with zero attached hydrogens (tertiary/aromatic N) is 1. The fourth-order valence-corrected chi connectivity index (χ4v) is 4.31. The van der Waals surface area contributed by atoms with Gasteiger partial charge in [0.15, 0.2) is 0 Å². The van der Waals surface area contributed by atoms with Crippen LogP contribution in [0.2, 0.25) is 0 Å². The summed E-state index contributed by atoms with van der Waals surface area (Å²) >= 11 is 0. The van der Waals surface area contributed by atoms with Gasteiger partial charge in [-0.3, -0.25) is 0 Å². The molecule has 0 bridgehead atoms. The van der Waals surface area contributed by atoms with Crippen molar-refractivity contribution < 1.29 is 0 Å². The van der Waals surface area contributed by atoms with Gasteiger partial charge < -0.3 is 10.2 Å². The lowest BCUT2D eigenvalue weighted by Gasteiger charge is -2.21. The van der Waals surface area contributed by atoms with Gasteiger partial charge in [0.05, 0.1) is 0 Å². The zero-order valence-electron chi connectivity index (χ0n) is 18.7. The summed E-state index contributed by atoms with van der Waals surface area (Å²) in [5, 5.41) is 8.03. The van der Waals surface area contributed by atoms with E-state index in [1.165, 1.54) is 38.4 Å². The van der Waals surface area contributed by atoms with Crippen molar-refractivity contribution in [2.75, 3.05) is 30.4 Å². The molecular formula is C29H30N2. The Bertz CT molecular complexity index is 1280. The standard InChI is InChI=1S/C29H30N2/c1-5-31(6-2)24-17-15-23(16-18-24)29(22-13-11-21(3)12-14-22)27-19-20-28(30-4)26-10-8-7-9-25(26)27/h7-20,30H,3,5-6H2,1-2,4H3. The van der Waals surface area contributed by atoms with Crippen LogP contribution in [0.3, 0.4) is 0 Å². The summed E-state index contributed by atoms with van der Waals surface area (Å²) < 4.78 is 0. The highest BCUT2D eigenvalue weighted by atomic mass is 15.1. The molecule has 0 spiro atoms. The number of rotatable bonds is 6. The molecule has 1 N–H and O–H groups in total. The molecule has 4 aromatic carbocycles. The summed E-state index contributed by atoms with van der Waals surface area (Å²) in [6.45, 7) is 10.5. The molecule has 0 radical (unpaired) electrons. The van der Waals surface area contributed by atoms with Crippen molar-refractivity contribution in [3.8, 4) is 0 Å². The summed E-state index contributed by atoms with van der Waals surface area (Å²) in [7, 11) is 1.98. The van der Waals surface area contributed by atoms with E-state index in [0.29, 0.717) is 0 Å². The van der Waals surface area contributed by atoms with Gasteiger partial charge in [0.25, 0.3) is 0 Å². The molecule has 0 aliphatic rings. The van der Waals surface area contributed by atoms with Crippen LogP contribution < -0.4 is 20.7 Å². The lowest BCUT2D eigenvalue weighted by Crippen LogP contribution is -2.21. The highest BCUT2D eigenvalue weighted by Crippen LogP contribution is 2.33. The molecule has 0 amide bonds. The van der Waals surface area contributed by atoms with Crippen molar-refractivity contribution in [3.05, 3.63) is 106 Å². The predicted molar refractivity (Wildman–Crippen MR) is 136 cm³/mol. The van der Waals surface area contributed by atoms with Crippen LogP contribution in [0.25, 0.3) is 22.9 Å². The molecule has 4 aromatic rings. The van der Waals surface area contributed by atoms with Gasteiger partial charge in [-0.15, -0.1) is 0 Å². The zero-order valence-corrected chi connectivity index (χ0v) is 18.7. The average molecular weight is 407 g/mol. The third-order valence-electron chi connectivity index (χ3n) is 5.99. The predicted octanol–water partition coefficient (Wildman–Crippen LogP) is 5.39. The Morgan fingerprint density at radius 1 is 0.774 bits per heavy atom. The molecule has 0 fully saturated rings. The number of nitrogens with one attached hydrogen (secondary N) is 1. The minimum Gasteiger partial charge on any atom is -0.388 e. The van der Waals surface area contributed by atoms with Gasteiger partial charge in [-0.05, 0) is 64.6 Å². The SMILES string of the molecule is C=c1ccc(=C(c2ccc(N(CC)CC)cc2)c2ccc(NC)c3ccccc23)cc1. The summed E-state index contributed by atoms with van der Waals surface area (Å²) in [4.78, 5) is 2.37. The van der Waals surface area contributed by atoms with Gasteiger partial charge >= 0.3 is 0 Å². The fraction of sp³-hybridized carbons (Fsp3) is 0.172. The van der Waals surface area contributed by atoms with E-state index in [9.17, 15) is 0 Å². The maximum Gasteiger partial charge on any atom is 0.0417 e. The molecule has 2 nitrogen and oxygen atoms in total. The summed E-state index contributed by atoms with van der Waals surface area (Å²) in [6.07, 6.45) is 0. The fourth-order valence-electron chi connectivity index (χ4n) is 4.31. The van der Waals surface area contributed by atoms with Crippen LogP contribution in [0.4, 0.5) is 11.4 Å². The van der Waals surface area contributed by atoms with Gasteiger partial charge in [0, 0.05) is 36.9 Å². The quantitative estimate of drug-likeness (QED) is 0.462. The maximum atomic E-state index is 4.07. The first-order valence-corrected chi connectivity index (χ1v) is 11.0. The number of fused-ring (bicyclic) bond motifs is 1. The molecule has 0 saturated heterocycles. The first-order chi connectivity index (χ1) is 15.2. The normalized spacial score (nSPS) is 10.8. The van der Waals surface area contributed by atoms with Crippen LogP contribution in [0.5, 0.6) is 0 Å². The third kappa shape index (κ3) is 4.06. The van der Waals surface area contributed by atoms with E-state index >= 15 is 0 Å². The molecule has 0 aliphatic carbocycles. The van der Waals surface area contributed by atoms with Gasteiger partial charge in [-0.25, -0.2) is 0 Å². The molecule has 0 aliphatic heterocycles. The highest BCUT2D eigenvalue weighted by molar-refractivity contribution is 6.03. The first kappa shape index (κ1) is 20.7. The summed E-state index contributed by atoms with van der Waals surface area (Å²) in [5.41, 5.74) is 6.10. The monoisotopic (exact) mass is 406 g/mol. The van der Waals surface area contributed by atoms with Crippen molar-refractivity contribution in [2.24, 2.45) is 0 Å². The molecule has 0 heterocycles. The Balaban J connectivity index is 1.99. The van der Waals surface area contributed by atoms with Gasteiger partial charge in [0.1, 0.15) is 0 Å². The third-order valence-corrected chi connectivity index (χ3v) is 5.99. The second-order valence-corrected chi connectivity index (χ2v) is 7.75. The van der Waals surface area contributed by atoms with Crippen molar-refractivity contribution in [1.29, 1.82) is 0 Å². The van der Waals surface area contributed by atoms with Crippen LogP contribution in [0.15, 0.2) is 84.9 Å². The molecule has 0 aromatic heterocycles. The van der Waals surface area contributed by atoms with E-state index < -0.39 is 0 Å². The molecule has 2 heteroatoms. The smallest absolute Gasteiger partial charge is 0.0417 e. The zero-order chi connectivity index (χ0) is 21.8. The Kier molecular flexibility index (Phi) is 6.08. The Morgan fingerprint density at radius 3 is 2.03 bits per heavy atom. The van der Waals surface area contributed by atoms with Crippen molar-refractivity contribution >= 4 is 34.3 Å². The highest BCUT2D eigenvalue weighted by Gasteiger charge is 2.13. The van der Waals surface area contributed by atoms with E-state index in [1.54, 1.807) is 0 Å². The Morgan fingerprint density at radius 2 is 1.42 bits per heavy atom. The number of anilines is 2. The second-order valence-electron chi connectivity index (χ2n) is 7.75. The topological polar surface area (TPSA) is 15.3 Å². The van der Waals surface area contributed by atoms with E-state index in [1.807, 2.05) is 7.05 Å². The van der Waals surface area contributed by atoms with E-state index in [0.717, 1.165) is 24.0 Å². The average Bonchev–Trinajstić information content (AvgIpc) is 2.82. The molecule has 0 unspecified atom stereocenters. The Hall–Kier alpha value is -3.52. The number of benzene rings is 4. The number of hydrogen-bond acceptors (Lipinski definition) is 2. The summed E-state index contributed by atoms with van der Waals surface area (Å²) in [5.74, 6) is 0. The minimum atomic E-state index is 1.01. The van der Waals surface area contributed by atoms with Crippen LogP contribution in [-0.2, 0) is 0 Å². The van der Waals surface area contributed by atoms with Crippen LogP contribution in [0.1, 0.15) is 25.0 Å². The second kappa shape index (κ2) is 9.09.